The van der Waals surface area contributed by atoms with E-state index in [1.807, 2.05) is 6.92 Å². The summed E-state index contributed by atoms with van der Waals surface area (Å²) in [4.78, 5) is 0.160. The zero-order valence-electron chi connectivity index (χ0n) is 11.7. The number of rotatable bonds is 5. The van der Waals surface area contributed by atoms with Gasteiger partial charge in [-0.1, -0.05) is 0 Å². The first-order valence-corrected chi connectivity index (χ1v) is 8.13. The Labute approximate surface area is 119 Å². The van der Waals surface area contributed by atoms with Crippen LogP contribution in [0, 0.1) is 0 Å². The molecule has 0 saturated carbocycles. The van der Waals surface area contributed by atoms with Crippen molar-refractivity contribution in [3.05, 3.63) is 18.2 Å². The van der Waals surface area contributed by atoms with Crippen molar-refractivity contribution in [1.29, 1.82) is 0 Å². The van der Waals surface area contributed by atoms with E-state index >= 15 is 0 Å². The molecule has 0 aliphatic carbocycles. The van der Waals surface area contributed by atoms with Crippen LogP contribution in [0.25, 0.3) is 0 Å². The van der Waals surface area contributed by atoms with Crippen LogP contribution in [-0.2, 0) is 14.8 Å². The summed E-state index contributed by atoms with van der Waals surface area (Å²) in [7, 11) is -2.09. The predicted molar refractivity (Wildman–Crippen MR) is 79.2 cm³/mol. The largest absolute Gasteiger partial charge is 0.397 e. The van der Waals surface area contributed by atoms with Gasteiger partial charge in [0.1, 0.15) is 0 Å². The molecule has 0 radical (unpaired) electrons. The first kappa shape index (κ1) is 15.1. The minimum absolute atomic E-state index is 0.131. The van der Waals surface area contributed by atoms with Gasteiger partial charge in [-0.2, -0.15) is 0 Å². The van der Waals surface area contributed by atoms with Gasteiger partial charge >= 0.3 is 0 Å². The molecule has 7 heteroatoms. The third-order valence-electron chi connectivity index (χ3n) is 3.51. The molecule has 20 heavy (non-hydrogen) atoms. The van der Waals surface area contributed by atoms with Gasteiger partial charge in [0.05, 0.1) is 22.4 Å². The molecule has 112 valence electrons. The molecule has 2 atom stereocenters. The van der Waals surface area contributed by atoms with E-state index in [9.17, 15) is 8.42 Å². The zero-order chi connectivity index (χ0) is 14.8. The molecule has 2 rings (SSSR count). The van der Waals surface area contributed by atoms with Crippen LogP contribution in [0.3, 0.4) is 0 Å². The van der Waals surface area contributed by atoms with Crippen LogP contribution >= 0.6 is 0 Å². The fraction of sp³-hybridized carbons (Fsp3) is 0.538. The maximum absolute atomic E-state index is 11.7. The number of sulfonamides is 1. The van der Waals surface area contributed by atoms with Crippen LogP contribution in [0.1, 0.15) is 19.8 Å². The molecule has 0 aromatic heterocycles. The molecule has 1 saturated heterocycles. The van der Waals surface area contributed by atoms with E-state index in [0.29, 0.717) is 5.69 Å². The summed E-state index contributed by atoms with van der Waals surface area (Å²) in [5.41, 5.74) is 7.06. The second kappa shape index (κ2) is 5.99. The van der Waals surface area contributed by atoms with Crippen LogP contribution in [-0.4, -0.2) is 34.2 Å². The Hall–Kier alpha value is -1.31. The molecule has 1 aliphatic rings. The molecule has 0 amide bonds. The highest BCUT2D eigenvalue weighted by molar-refractivity contribution is 7.89. The Morgan fingerprint density at radius 2 is 2.20 bits per heavy atom. The molecular weight excluding hydrogens is 278 g/mol. The zero-order valence-corrected chi connectivity index (χ0v) is 12.5. The summed E-state index contributed by atoms with van der Waals surface area (Å²) in [5.74, 6) is 0. The van der Waals surface area contributed by atoms with Crippen molar-refractivity contribution in [2.75, 3.05) is 24.7 Å². The van der Waals surface area contributed by atoms with Crippen molar-refractivity contribution in [2.45, 2.75) is 36.8 Å². The van der Waals surface area contributed by atoms with Gasteiger partial charge in [0, 0.05) is 12.6 Å². The molecule has 1 heterocycles. The standard InChI is InChI=1S/C13H21N3O3S/c1-9(13-4-3-7-19-13)16-12-6-5-10(8-11(12)14)20(17,18)15-2/h5-6,8-9,13,15-16H,3-4,7,14H2,1-2H3. The van der Waals surface area contributed by atoms with E-state index in [2.05, 4.69) is 10.0 Å². The lowest BCUT2D eigenvalue weighted by molar-refractivity contribution is 0.0997. The average Bonchev–Trinajstić information content (AvgIpc) is 2.95. The topological polar surface area (TPSA) is 93.5 Å². The predicted octanol–water partition coefficient (Wildman–Crippen LogP) is 1.16. The summed E-state index contributed by atoms with van der Waals surface area (Å²) in [6, 6.07) is 4.81. The first-order valence-electron chi connectivity index (χ1n) is 6.65. The van der Waals surface area contributed by atoms with Gasteiger partial charge in [0.15, 0.2) is 0 Å². The highest BCUT2D eigenvalue weighted by atomic mass is 32.2. The SMILES string of the molecule is CNS(=O)(=O)c1ccc(NC(C)C2CCCO2)c(N)c1. The summed E-state index contributed by atoms with van der Waals surface area (Å²) in [5, 5.41) is 3.28. The van der Waals surface area contributed by atoms with Crippen LogP contribution < -0.4 is 15.8 Å². The molecule has 0 spiro atoms. The highest BCUT2D eigenvalue weighted by Gasteiger charge is 2.23. The maximum atomic E-state index is 11.7. The molecule has 4 N–H and O–H groups in total. The first-order chi connectivity index (χ1) is 9.44. The van der Waals surface area contributed by atoms with Crippen molar-refractivity contribution < 1.29 is 13.2 Å². The number of hydrogen-bond acceptors (Lipinski definition) is 5. The Bertz CT molecular complexity index is 568. The van der Waals surface area contributed by atoms with Gasteiger partial charge in [0.25, 0.3) is 0 Å². The fourth-order valence-electron chi connectivity index (χ4n) is 2.29. The second-order valence-electron chi connectivity index (χ2n) is 4.94. The summed E-state index contributed by atoms with van der Waals surface area (Å²) in [6.45, 7) is 2.83. The Morgan fingerprint density at radius 1 is 1.45 bits per heavy atom. The minimum atomic E-state index is -3.46. The number of nitrogens with two attached hydrogens (primary N) is 1. The Kier molecular flexibility index (Phi) is 4.52. The average molecular weight is 299 g/mol. The van der Waals surface area contributed by atoms with E-state index < -0.39 is 10.0 Å². The lowest BCUT2D eigenvalue weighted by Gasteiger charge is -2.22. The third-order valence-corrected chi connectivity index (χ3v) is 4.92. The van der Waals surface area contributed by atoms with E-state index in [1.165, 1.54) is 19.2 Å². The van der Waals surface area contributed by atoms with E-state index in [0.717, 1.165) is 25.1 Å². The van der Waals surface area contributed by atoms with Gasteiger partial charge in [-0.3, -0.25) is 0 Å². The van der Waals surface area contributed by atoms with Crippen molar-refractivity contribution in [3.63, 3.8) is 0 Å². The molecule has 2 unspecified atom stereocenters. The smallest absolute Gasteiger partial charge is 0.240 e. The summed E-state index contributed by atoms with van der Waals surface area (Å²) in [6.07, 6.45) is 2.28. The highest BCUT2D eigenvalue weighted by Crippen LogP contribution is 2.25. The number of benzene rings is 1. The second-order valence-corrected chi connectivity index (χ2v) is 6.83. The number of anilines is 2. The van der Waals surface area contributed by atoms with E-state index in [1.54, 1.807) is 6.07 Å². The molecule has 1 aromatic carbocycles. The molecule has 1 aromatic rings. The van der Waals surface area contributed by atoms with Crippen LogP contribution in [0.2, 0.25) is 0 Å². The lowest BCUT2D eigenvalue weighted by Crippen LogP contribution is -2.30. The normalized spacial score (nSPS) is 20.8. The van der Waals surface area contributed by atoms with Crippen molar-refractivity contribution in [2.24, 2.45) is 0 Å². The van der Waals surface area contributed by atoms with E-state index in [4.69, 9.17) is 10.5 Å². The van der Waals surface area contributed by atoms with Gasteiger partial charge in [-0.15, -0.1) is 0 Å². The van der Waals surface area contributed by atoms with E-state index in [-0.39, 0.29) is 17.0 Å². The molecule has 0 bridgehead atoms. The molecular formula is C13H21N3O3S. The minimum Gasteiger partial charge on any atom is -0.397 e. The van der Waals surface area contributed by atoms with Gasteiger partial charge in [0.2, 0.25) is 10.0 Å². The Morgan fingerprint density at radius 3 is 2.75 bits per heavy atom. The third kappa shape index (κ3) is 3.23. The number of hydrogen-bond donors (Lipinski definition) is 3. The van der Waals surface area contributed by atoms with Gasteiger partial charge < -0.3 is 15.8 Å². The molecule has 1 aliphatic heterocycles. The van der Waals surface area contributed by atoms with Crippen LogP contribution in [0.5, 0.6) is 0 Å². The van der Waals surface area contributed by atoms with Gasteiger partial charge in [-0.25, -0.2) is 13.1 Å². The monoisotopic (exact) mass is 299 g/mol. The van der Waals surface area contributed by atoms with Crippen molar-refractivity contribution >= 4 is 21.4 Å². The number of nitrogens with one attached hydrogen (secondary N) is 2. The maximum Gasteiger partial charge on any atom is 0.240 e. The van der Waals surface area contributed by atoms with Crippen LogP contribution in [0.4, 0.5) is 11.4 Å². The Balaban J connectivity index is 2.13. The number of nitrogen functional groups attached to an aromatic ring is 1. The van der Waals surface area contributed by atoms with Crippen LogP contribution in [0.15, 0.2) is 23.1 Å². The van der Waals surface area contributed by atoms with Gasteiger partial charge in [-0.05, 0) is 45.0 Å². The molecule has 6 nitrogen and oxygen atoms in total. The lowest BCUT2D eigenvalue weighted by atomic mass is 10.1. The van der Waals surface area contributed by atoms with Crippen molar-refractivity contribution in [1.82, 2.24) is 4.72 Å². The summed E-state index contributed by atoms with van der Waals surface area (Å²) >= 11 is 0. The summed E-state index contributed by atoms with van der Waals surface area (Å²) < 4.78 is 31.3. The van der Waals surface area contributed by atoms with Crippen molar-refractivity contribution in [3.8, 4) is 0 Å². The number of ether oxygens (including phenoxy) is 1. The quantitative estimate of drug-likeness (QED) is 0.709. The molecule has 1 fully saturated rings. The fourth-order valence-corrected chi connectivity index (χ4v) is 3.06.